The van der Waals surface area contributed by atoms with Crippen molar-refractivity contribution < 1.29 is 4.39 Å². The van der Waals surface area contributed by atoms with Crippen molar-refractivity contribution in [1.82, 2.24) is 0 Å². The molecule has 0 radical (unpaired) electrons. The zero-order valence-electron chi connectivity index (χ0n) is 10.8. The first kappa shape index (κ1) is 14.7. The van der Waals surface area contributed by atoms with Gasteiger partial charge in [0.05, 0.1) is 4.83 Å². The van der Waals surface area contributed by atoms with Gasteiger partial charge < -0.3 is 0 Å². The van der Waals surface area contributed by atoms with Crippen LogP contribution >= 0.6 is 31.9 Å². The predicted molar refractivity (Wildman–Crippen MR) is 85.4 cm³/mol. The molecule has 0 aromatic heterocycles. The van der Waals surface area contributed by atoms with Gasteiger partial charge in [-0.3, -0.25) is 0 Å². The molecule has 0 nitrogen and oxygen atoms in total. The summed E-state index contributed by atoms with van der Waals surface area (Å²) < 4.78 is 14.2. The topological polar surface area (TPSA) is 0 Å². The SMILES string of the molecule is CC(C)c1ccc(C(Br)c2cc(F)cc(Br)c2)cc1. The van der Waals surface area contributed by atoms with E-state index in [0.717, 1.165) is 15.6 Å². The summed E-state index contributed by atoms with van der Waals surface area (Å²) in [5.74, 6) is 0.291. The monoisotopic (exact) mass is 384 g/mol. The van der Waals surface area contributed by atoms with Gasteiger partial charge in [-0.05, 0) is 40.8 Å². The number of hydrogen-bond donors (Lipinski definition) is 0. The van der Waals surface area contributed by atoms with Crippen molar-refractivity contribution in [2.45, 2.75) is 24.6 Å². The standard InChI is InChI=1S/C16H15Br2F/c1-10(2)11-3-5-12(6-4-11)16(18)13-7-14(17)9-15(19)8-13/h3-10,16H,1-2H3. The third-order valence-electron chi connectivity index (χ3n) is 3.07. The quantitative estimate of drug-likeness (QED) is 0.552. The molecule has 2 aromatic rings. The first-order chi connectivity index (χ1) is 8.97. The summed E-state index contributed by atoms with van der Waals surface area (Å²) in [6.45, 7) is 4.34. The van der Waals surface area contributed by atoms with Crippen LogP contribution in [-0.4, -0.2) is 0 Å². The lowest BCUT2D eigenvalue weighted by Gasteiger charge is -2.13. The lowest BCUT2D eigenvalue weighted by molar-refractivity contribution is 0.625. The molecule has 0 aliphatic heterocycles. The van der Waals surface area contributed by atoms with Crippen LogP contribution in [0, 0.1) is 5.82 Å². The van der Waals surface area contributed by atoms with Gasteiger partial charge in [0.25, 0.3) is 0 Å². The number of alkyl halides is 1. The van der Waals surface area contributed by atoms with Crippen molar-refractivity contribution in [1.29, 1.82) is 0 Å². The molecule has 0 amide bonds. The van der Waals surface area contributed by atoms with Crippen LogP contribution in [0.15, 0.2) is 46.9 Å². The average molecular weight is 386 g/mol. The normalized spacial score (nSPS) is 12.7. The zero-order chi connectivity index (χ0) is 14.0. The van der Waals surface area contributed by atoms with Gasteiger partial charge in [0, 0.05) is 4.47 Å². The molecule has 0 fully saturated rings. The summed E-state index contributed by atoms with van der Waals surface area (Å²) in [6, 6.07) is 13.4. The van der Waals surface area contributed by atoms with E-state index in [9.17, 15) is 4.39 Å². The predicted octanol–water partition coefficient (Wildman–Crippen LogP) is 6.20. The molecule has 0 aliphatic carbocycles. The van der Waals surface area contributed by atoms with Crippen molar-refractivity contribution in [3.63, 3.8) is 0 Å². The van der Waals surface area contributed by atoms with Crippen molar-refractivity contribution >= 4 is 31.9 Å². The Hall–Kier alpha value is -0.670. The maximum atomic E-state index is 13.4. The van der Waals surface area contributed by atoms with E-state index in [1.54, 1.807) is 6.07 Å². The van der Waals surface area contributed by atoms with Gasteiger partial charge in [-0.25, -0.2) is 4.39 Å². The molecule has 2 aromatic carbocycles. The maximum Gasteiger partial charge on any atom is 0.124 e. The highest BCUT2D eigenvalue weighted by atomic mass is 79.9. The highest BCUT2D eigenvalue weighted by Crippen LogP contribution is 2.33. The Balaban J connectivity index is 2.30. The minimum absolute atomic E-state index is 0.000659. The van der Waals surface area contributed by atoms with Crippen molar-refractivity contribution in [2.24, 2.45) is 0 Å². The Bertz CT molecular complexity index is 541. The van der Waals surface area contributed by atoms with E-state index in [1.807, 2.05) is 6.07 Å². The van der Waals surface area contributed by atoms with Crippen molar-refractivity contribution in [3.05, 3.63) is 69.4 Å². The van der Waals surface area contributed by atoms with Gasteiger partial charge in [0.15, 0.2) is 0 Å². The summed E-state index contributed by atoms with van der Waals surface area (Å²) in [4.78, 5) is 0.000659. The van der Waals surface area contributed by atoms with E-state index in [4.69, 9.17) is 0 Å². The maximum absolute atomic E-state index is 13.4. The molecular weight excluding hydrogens is 371 g/mol. The van der Waals surface area contributed by atoms with E-state index < -0.39 is 0 Å². The van der Waals surface area contributed by atoms with Crippen molar-refractivity contribution in [3.8, 4) is 0 Å². The lowest BCUT2D eigenvalue weighted by Crippen LogP contribution is -1.95. The fourth-order valence-corrected chi connectivity index (χ4v) is 3.02. The minimum atomic E-state index is -0.229. The number of hydrogen-bond acceptors (Lipinski definition) is 0. The third-order valence-corrected chi connectivity index (χ3v) is 4.59. The highest BCUT2D eigenvalue weighted by Gasteiger charge is 2.12. The fourth-order valence-electron chi connectivity index (χ4n) is 1.96. The van der Waals surface area contributed by atoms with E-state index in [0.29, 0.717) is 5.92 Å². The molecule has 100 valence electrons. The first-order valence-electron chi connectivity index (χ1n) is 6.17. The number of benzene rings is 2. The summed E-state index contributed by atoms with van der Waals surface area (Å²) in [5, 5.41) is 0. The molecule has 1 atom stereocenters. The van der Waals surface area contributed by atoms with Gasteiger partial charge in [-0.15, -0.1) is 0 Å². The molecule has 19 heavy (non-hydrogen) atoms. The van der Waals surface area contributed by atoms with Crippen LogP contribution in [0.1, 0.15) is 41.3 Å². The average Bonchev–Trinajstić information content (AvgIpc) is 2.37. The van der Waals surface area contributed by atoms with Crippen LogP contribution in [0.5, 0.6) is 0 Å². The Kier molecular flexibility index (Phi) is 4.80. The Morgan fingerprint density at radius 3 is 2.00 bits per heavy atom. The Morgan fingerprint density at radius 1 is 0.895 bits per heavy atom. The second-order valence-electron chi connectivity index (χ2n) is 4.89. The summed E-state index contributed by atoms with van der Waals surface area (Å²) in [5.41, 5.74) is 3.34. The van der Waals surface area contributed by atoms with Gasteiger partial charge in [0.1, 0.15) is 5.82 Å². The molecule has 0 saturated carbocycles. The summed E-state index contributed by atoms with van der Waals surface area (Å²) in [7, 11) is 0. The van der Waals surface area contributed by atoms with Crippen LogP contribution in [0.3, 0.4) is 0 Å². The second kappa shape index (κ2) is 6.19. The van der Waals surface area contributed by atoms with Gasteiger partial charge in [0.2, 0.25) is 0 Å². The van der Waals surface area contributed by atoms with E-state index >= 15 is 0 Å². The number of halogens is 3. The molecule has 0 aliphatic rings. The molecule has 0 heterocycles. The third kappa shape index (κ3) is 3.67. The van der Waals surface area contributed by atoms with Crippen molar-refractivity contribution in [2.75, 3.05) is 0 Å². The fraction of sp³-hybridized carbons (Fsp3) is 0.250. The zero-order valence-corrected chi connectivity index (χ0v) is 14.0. The molecule has 2 rings (SSSR count). The first-order valence-corrected chi connectivity index (χ1v) is 7.88. The van der Waals surface area contributed by atoms with Crippen LogP contribution < -0.4 is 0 Å². The van der Waals surface area contributed by atoms with E-state index in [1.165, 1.54) is 11.6 Å². The molecule has 0 saturated heterocycles. The molecule has 0 bridgehead atoms. The second-order valence-corrected chi connectivity index (χ2v) is 6.72. The smallest absolute Gasteiger partial charge is 0.124 e. The lowest BCUT2D eigenvalue weighted by atomic mass is 9.99. The summed E-state index contributed by atoms with van der Waals surface area (Å²) in [6.07, 6.45) is 0. The Morgan fingerprint density at radius 2 is 1.47 bits per heavy atom. The summed E-state index contributed by atoms with van der Waals surface area (Å²) >= 11 is 6.96. The van der Waals surface area contributed by atoms with E-state index in [-0.39, 0.29) is 10.6 Å². The Labute approximate surface area is 130 Å². The van der Waals surface area contributed by atoms with Gasteiger partial charge in [-0.2, -0.15) is 0 Å². The molecule has 0 N–H and O–H groups in total. The van der Waals surface area contributed by atoms with E-state index in [2.05, 4.69) is 70.0 Å². The largest absolute Gasteiger partial charge is 0.207 e. The highest BCUT2D eigenvalue weighted by molar-refractivity contribution is 9.10. The number of rotatable bonds is 3. The van der Waals surface area contributed by atoms with Crippen LogP contribution in [0.4, 0.5) is 4.39 Å². The van der Waals surface area contributed by atoms with Crippen LogP contribution in [0.25, 0.3) is 0 Å². The molecular formula is C16H15Br2F. The minimum Gasteiger partial charge on any atom is -0.207 e. The van der Waals surface area contributed by atoms with Gasteiger partial charge in [-0.1, -0.05) is 70.0 Å². The molecule has 0 spiro atoms. The molecule has 3 heteroatoms. The molecule has 1 unspecified atom stereocenters. The van der Waals surface area contributed by atoms with Crippen LogP contribution in [-0.2, 0) is 0 Å². The van der Waals surface area contributed by atoms with Crippen LogP contribution in [0.2, 0.25) is 0 Å². The van der Waals surface area contributed by atoms with Gasteiger partial charge >= 0.3 is 0 Å².